The molecule has 4 aromatic heterocycles. The lowest BCUT2D eigenvalue weighted by Crippen LogP contribution is -2.44. The molecule has 18 heteroatoms. The molecule has 0 amide bonds. The summed E-state index contributed by atoms with van der Waals surface area (Å²) in [4.78, 5) is 37.8. The number of nitrogens with zero attached hydrogens (tertiary/aromatic N) is 8. The molecule has 0 aliphatic rings. The maximum atomic E-state index is 9.10. The highest BCUT2D eigenvalue weighted by Gasteiger charge is 2.33. The van der Waals surface area contributed by atoms with E-state index in [9.17, 15) is 0 Å². The molecule has 0 unspecified atom stereocenters. The zero-order chi connectivity index (χ0) is 72.2. The fourth-order valence-electron chi connectivity index (χ4n) is 8.38. The highest BCUT2D eigenvalue weighted by molar-refractivity contribution is 6.75. The quantitative estimate of drug-likeness (QED) is 0.0524. The van der Waals surface area contributed by atoms with E-state index in [2.05, 4.69) is 74.7 Å². The molecular weight excluding hydrogens is 1250 g/mol. The number of halogens is 1. The number of hydrogen-bond acceptors (Lipinski definition) is 14. The first-order chi connectivity index (χ1) is 46.2. The van der Waals surface area contributed by atoms with Crippen LogP contribution >= 0.6 is 11.6 Å². The van der Waals surface area contributed by atoms with Crippen molar-refractivity contribution in [2.75, 3.05) is 0 Å². The van der Waals surface area contributed by atoms with E-state index in [1.54, 1.807) is 83.1 Å². The Hall–Kier alpha value is -9.60. The molecule has 14 nitrogen and oxygen atoms in total. The number of terminal acetylenes is 1. The van der Waals surface area contributed by atoms with Crippen LogP contribution in [0, 0.1) is 12.8 Å². The van der Waals surface area contributed by atoms with Crippen LogP contribution in [-0.2, 0) is 0 Å². The molecular formula is C81H86B3ClN8O6. The van der Waals surface area contributed by atoms with Crippen LogP contribution in [0.3, 0.4) is 0 Å². The Kier molecular flexibility index (Phi) is 28.5. The van der Waals surface area contributed by atoms with Gasteiger partial charge in [0.25, 0.3) is 0 Å². The van der Waals surface area contributed by atoms with Gasteiger partial charge in [0.15, 0.2) is 34.9 Å². The molecule has 0 saturated heterocycles. The van der Waals surface area contributed by atoms with Crippen LogP contribution in [0.1, 0.15) is 90.5 Å². The molecule has 0 saturated carbocycles. The fourth-order valence-corrected chi connectivity index (χ4v) is 8.61. The molecule has 99 heavy (non-hydrogen) atoms. The summed E-state index contributed by atoms with van der Waals surface area (Å²) < 4.78 is 0. The molecule has 0 fully saturated rings. The summed E-state index contributed by atoms with van der Waals surface area (Å²) in [7, 11) is 14.4. The molecule has 0 atom stereocenters. The van der Waals surface area contributed by atoms with E-state index < -0.39 is 33.6 Å². The van der Waals surface area contributed by atoms with E-state index in [1.807, 2.05) is 195 Å². The minimum atomic E-state index is -1.01. The largest absolute Gasteiger partial charge is 0.387 e. The van der Waals surface area contributed by atoms with E-state index in [1.165, 1.54) is 0 Å². The summed E-state index contributed by atoms with van der Waals surface area (Å²) in [6.45, 7) is 18.9. The van der Waals surface area contributed by atoms with Gasteiger partial charge in [-0.05, 0) is 129 Å². The number of pyridine rings is 2. The SMILES string of the molecule is C.C#C.CC(C)(O)C(C)(C)O.CC(C)(O)C(C)(C)O.CC(C)(O)C(C)(C)O.Clc1cc(-c2nc(-c3ccccc3)nc(-c3ccccc3)n2)cc(-c2cncc3ccccc23)c1.[B][B].[B]c1cc(-c2nc(-c3ccccc3)nc(-c3ccccc3)n2)cc(-c2cncc3ccccc23)c1. The van der Waals surface area contributed by atoms with Gasteiger partial charge < -0.3 is 30.6 Å². The van der Waals surface area contributed by atoms with Gasteiger partial charge in [-0.1, -0.05) is 206 Å². The summed E-state index contributed by atoms with van der Waals surface area (Å²) in [6, 6.07) is 68.0. The van der Waals surface area contributed by atoms with Crippen molar-refractivity contribution in [1.29, 1.82) is 0 Å². The van der Waals surface area contributed by atoms with Crippen molar-refractivity contribution in [3.63, 3.8) is 0 Å². The molecule has 6 radical (unpaired) electrons. The Morgan fingerprint density at radius 1 is 0.303 bits per heavy atom. The number of rotatable bonds is 11. The van der Waals surface area contributed by atoms with Crippen LogP contribution in [0.5, 0.6) is 0 Å². The van der Waals surface area contributed by atoms with Crippen LogP contribution in [0.4, 0.5) is 0 Å². The Balaban J connectivity index is 0.000000258. The van der Waals surface area contributed by atoms with E-state index in [4.69, 9.17) is 80.0 Å². The van der Waals surface area contributed by atoms with Gasteiger partial charge in [-0.25, -0.2) is 29.9 Å². The predicted molar refractivity (Wildman–Crippen MR) is 410 cm³/mol. The molecule has 502 valence electrons. The Morgan fingerprint density at radius 2 is 0.525 bits per heavy atom. The first kappa shape index (κ1) is 80.1. The van der Waals surface area contributed by atoms with Gasteiger partial charge >= 0.3 is 0 Å². The zero-order valence-electron chi connectivity index (χ0n) is 57.5. The summed E-state index contributed by atoms with van der Waals surface area (Å²) in [5.41, 5.74) is 3.88. The Labute approximate surface area is 592 Å². The van der Waals surface area contributed by atoms with Crippen molar-refractivity contribution in [3.8, 4) is 103 Å². The third kappa shape index (κ3) is 22.5. The highest BCUT2D eigenvalue weighted by Crippen LogP contribution is 2.36. The van der Waals surface area contributed by atoms with E-state index >= 15 is 0 Å². The average Bonchev–Trinajstić information content (AvgIpc) is 0.791. The second kappa shape index (κ2) is 35.3. The van der Waals surface area contributed by atoms with Crippen molar-refractivity contribution in [2.24, 2.45) is 0 Å². The average molecular weight is 1340 g/mol. The van der Waals surface area contributed by atoms with Gasteiger partial charge in [-0.2, -0.15) is 0 Å². The summed E-state index contributed by atoms with van der Waals surface area (Å²) in [5, 5.41) is 59.6. The molecule has 4 heterocycles. The molecule has 0 spiro atoms. The van der Waals surface area contributed by atoms with Crippen LogP contribution < -0.4 is 5.46 Å². The Bertz CT molecular complexity index is 4060. The first-order valence-electron chi connectivity index (χ1n) is 31.4. The fraction of sp³-hybridized carbons (Fsp3) is 0.235. The standard InChI is InChI=1S/C30H19BN4.C30H19ClN4.3C6H14O2.C2H2.CH4.B2/c2*31-25-16-23(27-19-32-18-22-13-7-8-14-26(22)27)15-24(17-25)30-34-28(20-9-3-1-4-10-20)33-29(35-30)21-11-5-2-6-12-21;3*1-5(2,7)6(3,4)8;1-2;;1-2/h2*1-19H;3*7-8H,1-4H3;1-2H;1H4;. The molecule has 12 aromatic rings. The molecule has 8 aromatic carbocycles. The minimum Gasteiger partial charge on any atom is -0.387 e. The normalized spacial score (nSPS) is 11.3. The summed E-state index contributed by atoms with van der Waals surface area (Å²) in [5.74, 6) is 3.59. The van der Waals surface area contributed by atoms with Gasteiger partial charge in [0.05, 0.1) is 33.6 Å². The topological polar surface area (TPSA) is 224 Å². The number of fused-ring (bicyclic) bond motifs is 2. The van der Waals surface area contributed by atoms with Gasteiger partial charge in [0.1, 0.15) is 7.85 Å². The van der Waals surface area contributed by atoms with E-state index in [-0.39, 0.29) is 7.43 Å². The number of aliphatic hydroxyl groups is 6. The van der Waals surface area contributed by atoms with Crippen LogP contribution in [0.15, 0.2) is 231 Å². The van der Waals surface area contributed by atoms with Crippen LogP contribution in [0.2, 0.25) is 5.02 Å². The second-order valence-electron chi connectivity index (χ2n) is 25.8. The zero-order valence-corrected chi connectivity index (χ0v) is 58.2. The lowest BCUT2D eigenvalue weighted by Gasteiger charge is -2.31. The lowest BCUT2D eigenvalue weighted by molar-refractivity contribution is -0.107. The van der Waals surface area contributed by atoms with Gasteiger partial charge in [0, 0.05) is 101 Å². The highest BCUT2D eigenvalue weighted by atomic mass is 35.5. The van der Waals surface area contributed by atoms with Crippen LogP contribution in [-0.4, -0.2) is 127 Å². The van der Waals surface area contributed by atoms with E-state index in [0.29, 0.717) is 45.4 Å². The van der Waals surface area contributed by atoms with Crippen molar-refractivity contribution < 1.29 is 30.6 Å². The third-order valence-electron chi connectivity index (χ3n) is 16.2. The molecule has 0 aliphatic carbocycles. The minimum absolute atomic E-state index is 0. The number of hydrogen-bond donors (Lipinski definition) is 6. The first-order valence-corrected chi connectivity index (χ1v) is 31.7. The summed E-state index contributed by atoms with van der Waals surface area (Å²) >= 11 is 6.62. The maximum absolute atomic E-state index is 9.10. The summed E-state index contributed by atoms with van der Waals surface area (Å²) in [6.07, 6.45) is 15.5. The number of benzene rings is 8. The van der Waals surface area contributed by atoms with Crippen molar-refractivity contribution in [2.45, 2.75) is 124 Å². The van der Waals surface area contributed by atoms with E-state index in [0.717, 1.165) is 77.2 Å². The molecule has 0 bridgehead atoms. The molecule has 6 N–H and O–H groups in total. The third-order valence-corrected chi connectivity index (χ3v) is 16.4. The van der Waals surface area contributed by atoms with Gasteiger partial charge in [-0.3, -0.25) is 9.97 Å². The van der Waals surface area contributed by atoms with Gasteiger partial charge in [0.2, 0.25) is 0 Å². The lowest BCUT2D eigenvalue weighted by atomic mass is 9.81. The van der Waals surface area contributed by atoms with Crippen molar-refractivity contribution >= 4 is 61.9 Å². The van der Waals surface area contributed by atoms with Crippen LogP contribution in [0.25, 0.3) is 112 Å². The molecule has 12 rings (SSSR count). The smallest absolute Gasteiger partial charge is 0.164 e. The maximum Gasteiger partial charge on any atom is 0.164 e. The predicted octanol–water partition coefficient (Wildman–Crippen LogP) is 15.3. The molecule has 0 aliphatic heterocycles. The van der Waals surface area contributed by atoms with Crippen molar-refractivity contribution in [1.82, 2.24) is 39.9 Å². The van der Waals surface area contributed by atoms with Crippen molar-refractivity contribution in [3.05, 3.63) is 236 Å². The number of aromatic nitrogens is 8. The Morgan fingerprint density at radius 3 is 0.808 bits per heavy atom. The van der Waals surface area contributed by atoms with Gasteiger partial charge in [-0.15, -0.1) is 12.8 Å². The monoisotopic (exact) mass is 1330 g/mol. The second-order valence-corrected chi connectivity index (χ2v) is 26.3.